The molecule has 18 heavy (non-hydrogen) atoms. The largest absolute Gasteiger partial charge is 0.406 e. The Morgan fingerprint density at radius 3 is 2.39 bits per heavy atom. The molecule has 1 aromatic rings. The summed E-state index contributed by atoms with van der Waals surface area (Å²) in [7, 11) is 0. The highest BCUT2D eigenvalue weighted by atomic mass is 19.4. The summed E-state index contributed by atoms with van der Waals surface area (Å²) in [5, 5.41) is 19.0. The molecule has 0 aromatic heterocycles. The highest BCUT2D eigenvalue weighted by molar-refractivity contribution is 5.48. The molecule has 94 valence electrons. The van der Waals surface area contributed by atoms with E-state index >= 15 is 0 Å². The Labute approximate surface area is 100 Å². The Bertz CT molecular complexity index is 510. The number of nitrogens with zero attached hydrogens (tertiary/aromatic N) is 2. The molecule has 1 atom stereocenters. The second-order valence-corrected chi connectivity index (χ2v) is 3.41. The Hall–Kier alpha value is -2.28. The van der Waals surface area contributed by atoms with Gasteiger partial charge in [-0.1, -0.05) is 0 Å². The molecule has 0 spiro atoms. The molecular weight excluding hydrogens is 250 g/mol. The van der Waals surface area contributed by atoms with Crippen LogP contribution in [0, 0.1) is 34.4 Å². The molecule has 1 unspecified atom stereocenters. The third-order valence-corrected chi connectivity index (χ3v) is 2.15. The Morgan fingerprint density at radius 1 is 1.28 bits per heavy atom. The van der Waals surface area contributed by atoms with Crippen molar-refractivity contribution in [2.24, 2.45) is 5.92 Å². The third-order valence-electron chi connectivity index (χ3n) is 2.15. The quantitative estimate of drug-likeness (QED) is 0.847. The van der Waals surface area contributed by atoms with Gasteiger partial charge < -0.3 is 5.32 Å². The number of benzene rings is 1. The maximum absolute atomic E-state index is 13.3. The lowest BCUT2D eigenvalue weighted by molar-refractivity contribution is -0.155. The first-order valence-corrected chi connectivity index (χ1v) is 4.78. The van der Waals surface area contributed by atoms with Crippen LogP contribution in [0.25, 0.3) is 0 Å². The SMILES string of the molecule is N#Cc1ccc(NCC(C#N)C(F)(F)F)c(F)c1. The highest BCUT2D eigenvalue weighted by Crippen LogP contribution is 2.26. The molecular formula is C11H7F4N3. The zero-order chi connectivity index (χ0) is 13.8. The summed E-state index contributed by atoms with van der Waals surface area (Å²) in [6, 6.07) is 6.10. The van der Waals surface area contributed by atoms with Crippen LogP contribution in [-0.2, 0) is 0 Å². The van der Waals surface area contributed by atoms with Gasteiger partial charge in [0.1, 0.15) is 5.82 Å². The number of hydrogen-bond donors (Lipinski definition) is 1. The van der Waals surface area contributed by atoms with Gasteiger partial charge in [0.25, 0.3) is 0 Å². The van der Waals surface area contributed by atoms with Crippen LogP contribution in [0.1, 0.15) is 5.56 Å². The highest BCUT2D eigenvalue weighted by Gasteiger charge is 2.39. The van der Waals surface area contributed by atoms with Crippen LogP contribution >= 0.6 is 0 Å². The van der Waals surface area contributed by atoms with Crippen molar-refractivity contribution < 1.29 is 17.6 Å². The lowest BCUT2D eigenvalue weighted by Gasteiger charge is -2.15. The molecule has 0 heterocycles. The molecule has 1 N–H and O–H groups in total. The minimum Gasteiger partial charge on any atom is -0.381 e. The zero-order valence-corrected chi connectivity index (χ0v) is 8.92. The van der Waals surface area contributed by atoms with E-state index in [1.54, 1.807) is 6.07 Å². The van der Waals surface area contributed by atoms with Crippen LogP contribution in [-0.4, -0.2) is 12.7 Å². The Kier molecular flexibility index (Phi) is 4.11. The molecule has 0 saturated heterocycles. The molecule has 0 aliphatic heterocycles. The van der Waals surface area contributed by atoms with Gasteiger partial charge in [-0.05, 0) is 18.2 Å². The van der Waals surface area contributed by atoms with Gasteiger partial charge in [-0.3, -0.25) is 0 Å². The number of alkyl halides is 3. The van der Waals surface area contributed by atoms with Crippen molar-refractivity contribution in [3.8, 4) is 12.1 Å². The normalized spacial score (nSPS) is 12.3. The van der Waals surface area contributed by atoms with Gasteiger partial charge in [0.2, 0.25) is 0 Å². The van der Waals surface area contributed by atoms with Crippen LogP contribution in [0.3, 0.4) is 0 Å². The molecule has 1 rings (SSSR count). The third kappa shape index (κ3) is 3.36. The van der Waals surface area contributed by atoms with Gasteiger partial charge in [-0.2, -0.15) is 23.7 Å². The summed E-state index contributed by atoms with van der Waals surface area (Å²) in [6.45, 7) is -0.747. The van der Waals surface area contributed by atoms with Crippen molar-refractivity contribution in [3.05, 3.63) is 29.6 Å². The predicted molar refractivity (Wildman–Crippen MR) is 54.8 cm³/mol. The van der Waals surface area contributed by atoms with Crippen molar-refractivity contribution in [3.63, 3.8) is 0 Å². The van der Waals surface area contributed by atoms with Crippen molar-refractivity contribution >= 4 is 5.69 Å². The molecule has 3 nitrogen and oxygen atoms in total. The summed E-state index contributed by atoms with van der Waals surface area (Å²) in [5.41, 5.74) is -0.121. The van der Waals surface area contributed by atoms with Crippen LogP contribution in [0.5, 0.6) is 0 Å². The number of anilines is 1. The average Bonchev–Trinajstić information content (AvgIpc) is 2.29. The fourth-order valence-electron chi connectivity index (χ4n) is 1.17. The van der Waals surface area contributed by atoms with E-state index in [9.17, 15) is 17.6 Å². The molecule has 1 aromatic carbocycles. The number of nitriles is 2. The van der Waals surface area contributed by atoms with Crippen molar-refractivity contribution in [2.45, 2.75) is 6.18 Å². The van der Waals surface area contributed by atoms with Gasteiger partial charge in [0, 0.05) is 6.54 Å². The van der Waals surface area contributed by atoms with Crippen LogP contribution in [0.4, 0.5) is 23.2 Å². The maximum atomic E-state index is 13.3. The van der Waals surface area contributed by atoms with E-state index in [0.29, 0.717) is 0 Å². The average molecular weight is 257 g/mol. The molecule has 0 aliphatic carbocycles. The molecule has 0 radical (unpaired) electrons. The van der Waals surface area contributed by atoms with E-state index in [1.807, 2.05) is 0 Å². The van der Waals surface area contributed by atoms with Gasteiger partial charge in [0.15, 0.2) is 5.92 Å². The van der Waals surface area contributed by atoms with Crippen molar-refractivity contribution in [1.82, 2.24) is 0 Å². The predicted octanol–water partition coefficient (Wildman–Crippen LogP) is 2.81. The standard InChI is InChI=1S/C11H7F4N3/c12-9-3-7(4-16)1-2-10(9)18-6-8(5-17)11(13,14)15/h1-3,8,18H,6H2. The first-order valence-electron chi connectivity index (χ1n) is 4.78. The number of rotatable bonds is 3. The summed E-state index contributed by atoms with van der Waals surface area (Å²) in [5.74, 6) is -3.06. The van der Waals surface area contributed by atoms with E-state index in [4.69, 9.17) is 10.5 Å². The molecule has 0 saturated carbocycles. The first kappa shape index (κ1) is 13.8. The number of nitrogens with one attached hydrogen (secondary N) is 1. The van der Waals surface area contributed by atoms with E-state index in [0.717, 1.165) is 18.2 Å². The molecule has 7 heteroatoms. The van der Waals surface area contributed by atoms with Gasteiger partial charge in [-0.25, -0.2) is 4.39 Å². The summed E-state index contributed by atoms with van der Waals surface area (Å²) < 4.78 is 50.0. The topological polar surface area (TPSA) is 59.6 Å². The minimum absolute atomic E-state index is 0.0608. The lowest BCUT2D eigenvalue weighted by atomic mass is 10.1. The lowest BCUT2D eigenvalue weighted by Crippen LogP contribution is -2.28. The van der Waals surface area contributed by atoms with Crippen LogP contribution in [0.15, 0.2) is 18.2 Å². The van der Waals surface area contributed by atoms with Gasteiger partial charge in [0.05, 0.1) is 23.4 Å². The summed E-state index contributed by atoms with van der Waals surface area (Å²) >= 11 is 0. The Balaban J connectivity index is 2.76. The molecule has 0 fully saturated rings. The summed E-state index contributed by atoms with van der Waals surface area (Å²) in [6.07, 6.45) is -4.66. The van der Waals surface area contributed by atoms with Crippen molar-refractivity contribution in [2.75, 3.05) is 11.9 Å². The second-order valence-electron chi connectivity index (χ2n) is 3.41. The smallest absolute Gasteiger partial charge is 0.381 e. The summed E-state index contributed by atoms with van der Waals surface area (Å²) in [4.78, 5) is 0. The maximum Gasteiger partial charge on any atom is 0.406 e. The minimum atomic E-state index is -4.66. The van der Waals surface area contributed by atoms with Gasteiger partial charge >= 0.3 is 6.18 Å². The fraction of sp³-hybridized carbons (Fsp3) is 0.273. The molecule has 0 amide bonds. The zero-order valence-electron chi connectivity index (χ0n) is 8.92. The fourth-order valence-corrected chi connectivity index (χ4v) is 1.17. The number of halogens is 4. The second kappa shape index (κ2) is 5.37. The van der Waals surface area contributed by atoms with Crippen LogP contribution in [0.2, 0.25) is 0 Å². The van der Waals surface area contributed by atoms with E-state index < -0.39 is 24.5 Å². The van der Waals surface area contributed by atoms with E-state index in [1.165, 1.54) is 6.07 Å². The number of hydrogen-bond acceptors (Lipinski definition) is 3. The Morgan fingerprint density at radius 2 is 1.94 bits per heavy atom. The van der Waals surface area contributed by atoms with Gasteiger partial charge in [-0.15, -0.1) is 0 Å². The van der Waals surface area contributed by atoms with E-state index in [2.05, 4.69) is 5.32 Å². The molecule has 0 bridgehead atoms. The molecule has 0 aliphatic rings. The van der Waals surface area contributed by atoms with Crippen LogP contribution < -0.4 is 5.32 Å². The first-order chi connectivity index (χ1) is 8.38. The van der Waals surface area contributed by atoms with Crippen molar-refractivity contribution in [1.29, 1.82) is 10.5 Å². The monoisotopic (exact) mass is 257 g/mol. The van der Waals surface area contributed by atoms with E-state index in [-0.39, 0.29) is 11.3 Å².